The molecule has 0 bridgehead atoms. The van der Waals surface area contributed by atoms with Gasteiger partial charge in [0.2, 0.25) is 10.0 Å². The van der Waals surface area contributed by atoms with Gasteiger partial charge in [0.05, 0.1) is 35.1 Å². The minimum atomic E-state index is -3.93. The van der Waals surface area contributed by atoms with Crippen LogP contribution in [0.3, 0.4) is 0 Å². The number of alkyl carbamates (subject to hydrolysis) is 1. The van der Waals surface area contributed by atoms with Crippen LogP contribution < -0.4 is 10.0 Å². The number of rotatable bonds is 5. The van der Waals surface area contributed by atoms with Crippen LogP contribution in [0.25, 0.3) is 0 Å². The molecule has 0 aliphatic carbocycles. The monoisotopic (exact) mass is 390 g/mol. The summed E-state index contributed by atoms with van der Waals surface area (Å²) in [4.78, 5) is 11.7. The summed E-state index contributed by atoms with van der Waals surface area (Å²) >= 11 is 0. The number of carbonyl (C=O) groups excluding carboxylic acids is 1. The summed E-state index contributed by atoms with van der Waals surface area (Å²) in [5, 5.41) is 2.42. The third kappa shape index (κ3) is 4.93. The van der Waals surface area contributed by atoms with Crippen LogP contribution in [0.15, 0.2) is 23.1 Å². The Labute approximate surface area is 147 Å². The van der Waals surface area contributed by atoms with Crippen molar-refractivity contribution in [1.29, 1.82) is 0 Å². The zero-order valence-electron chi connectivity index (χ0n) is 14.3. The van der Waals surface area contributed by atoms with E-state index in [2.05, 4.69) is 10.0 Å². The molecule has 1 saturated heterocycles. The first-order valence-corrected chi connectivity index (χ1v) is 11.1. The zero-order valence-corrected chi connectivity index (χ0v) is 15.9. The second-order valence-corrected chi connectivity index (χ2v) is 9.88. The van der Waals surface area contributed by atoms with Gasteiger partial charge in [-0.2, -0.15) is 0 Å². The Bertz CT molecular complexity index is 864. The fraction of sp³-hybridized carbons (Fsp3) is 0.533. The van der Waals surface area contributed by atoms with Crippen molar-refractivity contribution in [1.82, 2.24) is 10.0 Å². The molecule has 1 amide bonds. The molecule has 2 rings (SSSR count). The lowest BCUT2D eigenvalue weighted by molar-refractivity contribution is 0.148. The normalized spacial score (nSPS) is 22.5. The van der Waals surface area contributed by atoms with E-state index in [1.54, 1.807) is 26.0 Å². The lowest BCUT2D eigenvalue weighted by Gasteiger charge is -2.21. The van der Waals surface area contributed by atoms with Crippen molar-refractivity contribution >= 4 is 26.0 Å². The molecule has 0 radical (unpaired) electrons. The van der Waals surface area contributed by atoms with Crippen LogP contribution in [0.1, 0.15) is 18.1 Å². The molecular weight excluding hydrogens is 368 g/mol. The molecule has 1 aromatic rings. The molecule has 1 heterocycles. The zero-order chi connectivity index (χ0) is 18.8. The molecule has 0 spiro atoms. The van der Waals surface area contributed by atoms with Gasteiger partial charge in [-0.25, -0.2) is 26.4 Å². The number of hydrogen-bond donors (Lipinski definition) is 2. The molecular formula is C15H22N2O6S2. The summed E-state index contributed by atoms with van der Waals surface area (Å²) in [6.45, 7) is 5.26. The topological polar surface area (TPSA) is 119 Å². The summed E-state index contributed by atoms with van der Waals surface area (Å²) in [6.07, 6.45) is -0.777. The van der Waals surface area contributed by atoms with Crippen LogP contribution in [-0.4, -0.2) is 53.1 Å². The van der Waals surface area contributed by atoms with Gasteiger partial charge in [0, 0.05) is 0 Å². The second-order valence-electron chi connectivity index (χ2n) is 6.04. The van der Waals surface area contributed by atoms with Crippen LogP contribution in [0, 0.1) is 13.8 Å². The van der Waals surface area contributed by atoms with E-state index in [4.69, 9.17) is 4.74 Å². The first-order valence-electron chi connectivity index (χ1n) is 7.77. The van der Waals surface area contributed by atoms with Gasteiger partial charge in [0.25, 0.3) is 0 Å². The first kappa shape index (κ1) is 19.7. The Hall–Kier alpha value is -1.65. The standard InChI is InChI=1S/C15H22N2O6S2/c1-4-23-15(18)16-12-8-24(19,20)9-13(12)17-25(21,22)14-6-5-10(2)7-11(14)3/h5-7,12-13,17H,4,8-9H2,1-3H3,(H,16,18)/t12-,13-/m1/s1. The second kappa shape index (κ2) is 7.30. The Balaban J connectivity index is 2.24. The maximum atomic E-state index is 12.6. The van der Waals surface area contributed by atoms with Gasteiger partial charge in [-0.1, -0.05) is 17.7 Å². The molecule has 25 heavy (non-hydrogen) atoms. The highest BCUT2D eigenvalue weighted by molar-refractivity contribution is 7.92. The highest BCUT2D eigenvalue weighted by Gasteiger charge is 2.41. The Morgan fingerprint density at radius 1 is 1.24 bits per heavy atom. The van der Waals surface area contributed by atoms with Crippen molar-refractivity contribution in [3.05, 3.63) is 29.3 Å². The van der Waals surface area contributed by atoms with Gasteiger partial charge in [-0.05, 0) is 32.4 Å². The van der Waals surface area contributed by atoms with E-state index in [1.807, 2.05) is 6.92 Å². The predicted molar refractivity (Wildman–Crippen MR) is 92.6 cm³/mol. The molecule has 2 N–H and O–H groups in total. The molecule has 10 heteroatoms. The Kier molecular flexibility index (Phi) is 5.75. The molecule has 0 unspecified atom stereocenters. The highest BCUT2D eigenvalue weighted by Crippen LogP contribution is 2.20. The molecule has 1 fully saturated rings. The van der Waals surface area contributed by atoms with Gasteiger partial charge in [-0.3, -0.25) is 0 Å². The van der Waals surface area contributed by atoms with Gasteiger partial charge in [-0.15, -0.1) is 0 Å². The largest absolute Gasteiger partial charge is 0.450 e. The third-order valence-electron chi connectivity index (χ3n) is 3.86. The lowest BCUT2D eigenvalue weighted by Crippen LogP contribution is -2.51. The number of sulfone groups is 1. The molecule has 8 nitrogen and oxygen atoms in total. The number of ether oxygens (including phenoxy) is 1. The summed E-state index contributed by atoms with van der Waals surface area (Å²) in [7, 11) is -7.40. The maximum Gasteiger partial charge on any atom is 0.407 e. The number of benzene rings is 1. The average molecular weight is 390 g/mol. The van der Waals surface area contributed by atoms with Gasteiger partial charge < -0.3 is 10.1 Å². The first-order chi connectivity index (χ1) is 11.5. The van der Waals surface area contributed by atoms with Gasteiger partial charge in [0.1, 0.15) is 0 Å². The number of sulfonamides is 1. The van der Waals surface area contributed by atoms with Crippen molar-refractivity contribution in [2.24, 2.45) is 0 Å². The molecule has 1 aromatic carbocycles. The summed E-state index contributed by atoms with van der Waals surface area (Å²) in [5.41, 5.74) is 1.48. The van der Waals surface area contributed by atoms with E-state index in [-0.39, 0.29) is 23.0 Å². The Morgan fingerprint density at radius 3 is 2.48 bits per heavy atom. The minimum Gasteiger partial charge on any atom is -0.450 e. The van der Waals surface area contributed by atoms with Gasteiger partial charge >= 0.3 is 6.09 Å². The quantitative estimate of drug-likeness (QED) is 0.755. The van der Waals surface area contributed by atoms with E-state index in [0.717, 1.165) is 5.56 Å². The van der Waals surface area contributed by atoms with Crippen molar-refractivity contribution in [2.45, 2.75) is 37.8 Å². The van der Waals surface area contributed by atoms with Crippen molar-refractivity contribution < 1.29 is 26.4 Å². The number of hydrogen-bond acceptors (Lipinski definition) is 6. The summed E-state index contributed by atoms with van der Waals surface area (Å²) in [5.74, 6) is -0.722. The van der Waals surface area contributed by atoms with Crippen LogP contribution >= 0.6 is 0 Å². The molecule has 1 aliphatic rings. The van der Waals surface area contributed by atoms with Crippen LogP contribution in [0.4, 0.5) is 4.79 Å². The number of aryl methyl sites for hydroxylation is 2. The van der Waals surface area contributed by atoms with Crippen molar-refractivity contribution in [3.63, 3.8) is 0 Å². The number of nitrogens with one attached hydrogen (secondary N) is 2. The lowest BCUT2D eigenvalue weighted by atomic mass is 10.2. The fourth-order valence-corrected chi connectivity index (χ4v) is 6.26. The van der Waals surface area contributed by atoms with Gasteiger partial charge in [0.15, 0.2) is 9.84 Å². The highest BCUT2D eigenvalue weighted by atomic mass is 32.2. The minimum absolute atomic E-state index is 0.0808. The Morgan fingerprint density at radius 2 is 1.88 bits per heavy atom. The average Bonchev–Trinajstić information content (AvgIpc) is 2.71. The van der Waals surface area contributed by atoms with Crippen molar-refractivity contribution in [2.75, 3.05) is 18.1 Å². The molecule has 1 aliphatic heterocycles. The van der Waals surface area contributed by atoms with Crippen LogP contribution in [0.5, 0.6) is 0 Å². The molecule has 0 aromatic heterocycles. The number of amides is 1. The molecule has 140 valence electrons. The van der Waals surface area contributed by atoms with E-state index in [0.29, 0.717) is 5.56 Å². The predicted octanol–water partition coefficient (Wildman–Crippen LogP) is 0.493. The van der Waals surface area contributed by atoms with E-state index in [1.165, 1.54) is 6.07 Å². The van der Waals surface area contributed by atoms with E-state index >= 15 is 0 Å². The van der Waals surface area contributed by atoms with Crippen LogP contribution in [-0.2, 0) is 24.6 Å². The molecule has 2 atom stereocenters. The SMILES string of the molecule is CCOC(=O)N[C@@H]1CS(=O)(=O)C[C@H]1NS(=O)(=O)c1ccc(C)cc1C. The smallest absolute Gasteiger partial charge is 0.407 e. The number of carbonyl (C=O) groups is 1. The van der Waals surface area contributed by atoms with Crippen molar-refractivity contribution in [3.8, 4) is 0 Å². The summed E-state index contributed by atoms with van der Waals surface area (Å²) in [6, 6.07) is 3.03. The van der Waals surface area contributed by atoms with E-state index < -0.39 is 38.0 Å². The summed E-state index contributed by atoms with van der Waals surface area (Å²) < 4.78 is 56.2. The third-order valence-corrected chi connectivity index (χ3v) is 7.24. The maximum absolute atomic E-state index is 12.6. The van der Waals surface area contributed by atoms with Crippen LogP contribution in [0.2, 0.25) is 0 Å². The molecule has 0 saturated carbocycles. The van der Waals surface area contributed by atoms with E-state index in [9.17, 15) is 21.6 Å². The fourth-order valence-electron chi connectivity index (χ4n) is 2.79.